The molecular weight excluding hydrogens is 422 g/mol. The summed E-state index contributed by atoms with van der Waals surface area (Å²) in [5.74, 6) is 1.18. The van der Waals surface area contributed by atoms with E-state index < -0.39 is 10.1 Å². The summed E-state index contributed by atoms with van der Waals surface area (Å²) in [5, 5.41) is 0. The monoisotopic (exact) mass is 451 g/mol. The SMILES string of the molecule is CCC(C)N(Cc1ccc(OC)c(OS(C)(=O)=O)c1)C(=O)c1cc(OC)cc(OC)c1. The van der Waals surface area contributed by atoms with E-state index in [1.807, 2.05) is 13.8 Å². The van der Waals surface area contributed by atoms with Crippen molar-refractivity contribution >= 4 is 16.0 Å². The van der Waals surface area contributed by atoms with Gasteiger partial charge >= 0.3 is 10.1 Å². The van der Waals surface area contributed by atoms with E-state index in [9.17, 15) is 13.2 Å². The lowest BCUT2D eigenvalue weighted by molar-refractivity contribution is 0.0670. The van der Waals surface area contributed by atoms with Crippen LogP contribution in [0.4, 0.5) is 0 Å². The zero-order valence-corrected chi connectivity index (χ0v) is 19.5. The molecule has 0 heterocycles. The Balaban J connectivity index is 2.42. The third kappa shape index (κ3) is 6.52. The minimum atomic E-state index is -3.74. The smallest absolute Gasteiger partial charge is 0.306 e. The van der Waals surface area contributed by atoms with Crippen LogP contribution in [0.15, 0.2) is 36.4 Å². The van der Waals surface area contributed by atoms with Crippen molar-refractivity contribution in [2.45, 2.75) is 32.9 Å². The van der Waals surface area contributed by atoms with Crippen LogP contribution in [0.3, 0.4) is 0 Å². The van der Waals surface area contributed by atoms with Crippen LogP contribution in [0.2, 0.25) is 0 Å². The van der Waals surface area contributed by atoms with E-state index in [0.717, 1.165) is 12.7 Å². The fourth-order valence-corrected chi connectivity index (χ4v) is 3.45. The molecule has 0 N–H and O–H groups in total. The highest BCUT2D eigenvalue weighted by Gasteiger charge is 2.23. The Morgan fingerprint density at radius 1 is 0.968 bits per heavy atom. The van der Waals surface area contributed by atoms with Crippen LogP contribution in [0.1, 0.15) is 36.2 Å². The molecule has 0 aromatic heterocycles. The normalized spacial score (nSPS) is 12.1. The molecule has 1 unspecified atom stereocenters. The van der Waals surface area contributed by atoms with E-state index in [4.69, 9.17) is 18.4 Å². The predicted octanol–water partition coefficient (Wildman–Crippen LogP) is 3.49. The molecule has 1 atom stereocenters. The third-order valence-corrected chi connectivity index (χ3v) is 5.29. The van der Waals surface area contributed by atoms with Gasteiger partial charge in [-0.05, 0) is 43.2 Å². The second kappa shape index (κ2) is 10.4. The largest absolute Gasteiger partial charge is 0.497 e. The molecule has 170 valence electrons. The summed E-state index contributed by atoms with van der Waals surface area (Å²) in [4.78, 5) is 15.1. The number of carbonyl (C=O) groups excluding carboxylic acids is 1. The van der Waals surface area contributed by atoms with E-state index in [1.54, 1.807) is 41.3 Å². The number of rotatable bonds is 10. The lowest BCUT2D eigenvalue weighted by Crippen LogP contribution is -2.37. The van der Waals surface area contributed by atoms with Crippen molar-refractivity contribution in [1.82, 2.24) is 4.90 Å². The van der Waals surface area contributed by atoms with E-state index in [0.29, 0.717) is 22.6 Å². The van der Waals surface area contributed by atoms with Crippen molar-refractivity contribution < 1.29 is 31.6 Å². The molecule has 31 heavy (non-hydrogen) atoms. The summed E-state index contributed by atoms with van der Waals surface area (Å²) in [6.45, 7) is 4.19. The molecule has 0 aliphatic rings. The van der Waals surface area contributed by atoms with Crippen molar-refractivity contribution in [3.05, 3.63) is 47.5 Å². The number of ether oxygens (including phenoxy) is 3. The standard InChI is InChI=1S/C22H29NO7S/c1-7-15(2)23(22(24)17-11-18(27-3)13-19(12-17)28-4)14-16-8-9-20(29-5)21(10-16)30-31(6,25)26/h8-13,15H,7,14H2,1-6H3. The minimum absolute atomic E-state index is 0.0714. The molecule has 0 spiro atoms. The number of hydrogen-bond acceptors (Lipinski definition) is 7. The quantitative estimate of drug-likeness (QED) is 0.511. The molecule has 0 fully saturated rings. The van der Waals surface area contributed by atoms with E-state index >= 15 is 0 Å². The van der Waals surface area contributed by atoms with Gasteiger partial charge in [0, 0.05) is 24.2 Å². The van der Waals surface area contributed by atoms with Crippen LogP contribution in [0.25, 0.3) is 0 Å². The van der Waals surface area contributed by atoms with Crippen LogP contribution in [-0.4, -0.2) is 52.9 Å². The van der Waals surface area contributed by atoms with E-state index in [1.165, 1.54) is 21.3 Å². The lowest BCUT2D eigenvalue weighted by atomic mass is 10.1. The number of carbonyl (C=O) groups is 1. The Morgan fingerprint density at radius 3 is 2.06 bits per heavy atom. The Labute approximate surface area is 183 Å². The van der Waals surface area contributed by atoms with Crippen molar-refractivity contribution in [2.75, 3.05) is 27.6 Å². The van der Waals surface area contributed by atoms with Gasteiger partial charge in [0.2, 0.25) is 0 Å². The molecule has 0 bridgehead atoms. The molecule has 2 rings (SSSR count). The van der Waals surface area contributed by atoms with Gasteiger partial charge in [-0.1, -0.05) is 13.0 Å². The van der Waals surface area contributed by atoms with Gasteiger partial charge in [0.05, 0.1) is 27.6 Å². The highest BCUT2D eigenvalue weighted by Crippen LogP contribution is 2.31. The summed E-state index contributed by atoms with van der Waals surface area (Å²) in [5.41, 5.74) is 1.13. The first-order valence-corrected chi connectivity index (χ1v) is 11.5. The molecular formula is C22H29NO7S. The van der Waals surface area contributed by atoms with Crippen LogP contribution in [0, 0.1) is 0 Å². The number of amides is 1. The molecule has 9 heteroatoms. The highest BCUT2D eigenvalue weighted by atomic mass is 32.2. The maximum Gasteiger partial charge on any atom is 0.306 e. The molecule has 2 aromatic carbocycles. The molecule has 0 saturated heterocycles. The van der Waals surface area contributed by atoms with Crippen molar-refractivity contribution in [1.29, 1.82) is 0 Å². The lowest BCUT2D eigenvalue weighted by Gasteiger charge is -2.29. The molecule has 0 aliphatic heterocycles. The summed E-state index contributed by atoms with van der Waals surface area (Å²) < 4.78 is 44.0. The second-order valence-corrected chi connectivity index (χ2v) is 8.64. The van der Waals surface area contributed by atoms with Gasteiger partial charge in [-0.15, -0.1) is 0 Å². The average Bonchev–Trinajstić information content (AvgIpc) is 2.75. The van der Waals surface area contributed by atoms with Crippen molar-refractivity contribution in [3.63, 3.8) is 0 Å². The summed E-state index contributed by atoms with van der Waals surface area (Å²) in [6.07, 6.45) is 1.69. The molecule has 1 amide bonds. The summed E-state index contributed by atoms with van der Waals surface area (Å²) in [7, 11) is 0.735. The zero-order valence-electron chi connectivity index (χ0n) is 18.7. The Hall–Kier alpha value is -2.94. The summed E-state index contributed by atoms with van der Waals surface area (Å²) in [6, 6.07) is 9.88. The first-order chi connectivity index (χ1) is 14.6. The molecule has 8 nitrogen and oxygen atoms in total. The highest BCUT2D eigenvalue weighted by molar-refractivity contribution is 7.86. The third-order valence-electron chi connectivity index (χ3n) is 4.80. The Morgan fingerprint density at radius 2 is 1.58 bits per heavy atom. The maximum absolute atomic E-state index is 13.4. The van der Waals surface area contributed by atoms with Gasteiger partial charge < -0.3 is 23.3 Å². The number of benzene rings is 2. The molecule has 0 radical (unpaired) electrons. The molecule has 0 saturated carbocycles. The minimum Gasteiger partial charge on any atom is -0.497 e. The van der Waals surface area contributed by atoms with Crippen LogP contribution >= 0.6 is 0 Å². The number of hydrogen-bond donors (Lipinski definition) is 0. The fraction of sp³-hybridized carbons (Fsp3) is 0.409. The second-order valence-electron chi connectivity index (χ2n) is 7.06. The van der Waals surface area contributed by atoms with Gasteiger partial charge in [0.15, 0.2) is 11.5 Å². The van der Waals surface area contributed by atoms with Crippen LogP contribution in [0.5, 0.6) is 23.0 Å². The van der Waals surface area contributed by atoms with Gasteiger partial charge in [-0.3, -0.25) is 4.79 Å². The number of nitrogens with zero attached hydrogens (tertiary/aromatic N) is 1. The molecule has 0 aliphatic carbocycles. The van der Waals surface area contributed by atoms with E-state index in [-0.39, 0.29) is 30.0 Å². The Kier molecular flexibility index (Phi) is 8.15. The topological polar surface area (TPSA) is 91.4 Å². The predicted molar refractivity (Wildman–Crippen MR) is 118 cm³/mol. The van der Waals surface area contributed by atoms with E-state index in [2.05, 4.69) is 0 Å². The average molecular weight is 452 g/mol. The van der Waals surface area contributed by atoms with Gasteiger partial charge in [-0.2, -0.15) is 8.42 Å². The first-order valence-electron chi connectivity index (χ1n) is 9.72. The number of methoxy groups -OCH3 is 3. The van der Waals surface area contributed by atoms with Gasteiger partial charge in [0.1, 0.15) is 11.5 Å². The van der Waals surface area contributed by atoms with Crippen molar-refractivity contribution in [2.24, 2.45) is 0 Å². The maximum atomic E-state index is 13.4. The zero-order chi connectivity index (χ0) is 23.2. The van der Waals surface area contributed by atoms with Gasteiger partial charge in [0.25, 0.3) is 5.91 Å². The van der Waals surface area contributed by atoms with Crippen LogP contribution in [-0.2, 0) is 16.7 Å². The Bertz CT molecular complexity index is 998. The van der Waals surface area contributed by atoms with Crippen molar-refractivity contribution in [3.8, 4) is 23.0 Å². The first kappa shape index (κ1) is 24.3. The molecule has 2 aromatic rings. The summed E-state index contributed by atoms with van der Waals surface area (Å²) >= 11 is 0. The fourth-order valence-electron chi connectivity index (χ4n) is 2.99. The van der Waals surface area contributed by atoms with Crippen LogP contribution < -0.4 is 18.4 Å². The van der Waals surface area contributed by atoms with Gasteiger partial charge in [-0.25, -0.2) is 0 Å².